The number of esters is 1. The number of hydrogen-bond donors (Lipinski definition) is 0. The van der Waals surface area contributed by atoms with Crippen LogP contribution in [0, 0.1) is 0 Å². The van der Waals surface area contributed by atoms with Crippen LogP contribution in [0.1, 0.15) is 24.5 Å². The van der Waals surface area contributed by atoms with E-state index in [2.05, 4.69) is 0 Å². The standard InChI is InChI=1S/C19H19NO3/c1-19(18(22)23-2)12-17(21)20(13-14-8-4-3-5-9-14)16-11-7-6-10-15(16)19/h3-11H,12-13H2,1-2H3/t19-/m1/s1. The predicted octanol–water partition coefficient (Wildman–Crippen LogP) is 3.05. The second kappa shape index (κ2) is 5.88. The van der Waals surface area contributed by atoms with E-state index in [1.807, 2.05) is 54.6 Å². The van der Waals surface area contributed by atoms with E-state index in [1.165, 1.54) is 7.11 Å². The smallest absolute Gasteiger partial charge is 0.316 e. The first kappa shape index (κ1) is 15.3. The van der Waals surface area contributed by atoms with Crippen molar-refractivity contribution in [2.75, 3.05) is 12.0 Å². The fourth-order valence-corrected chi connectivity index (χ4v) is 3.15. The molecule has 0 radical (unpaired) electrons. The highest BCUT2D eigenvalue weighted by Crippen LogP contribution is 2.41. The van der Waals surface area contributed by atoms with Crippen LogP contribution in [0.4, 0.5) is 5.69 Å². The average Bonchev–Trinajstić information content (AvgIpc) is 2.58. The van der Waals surface area contributed by atoms with Crippen molar-refractivity contribution in [3.05, 3.63) is 65.7 Å². The minimum atomic E-state index is -0.935. The molecule has 0 fully saturated rings. The van der Waals surface area contributed by atoms with E-state index in [4.69, 9.17) is 4.74 Å². The highest BCUT2D eigenvalue weighted by molar-refractivity contribution is 6.03. The molecular formula is C19H19NO3. The van der Waals surface area contributed by atoms with Crippen molar-refractivity contribution in [3.8, 4) is 0 Å². The van der Waals surface area contributed by atoms with Gasteiger partial charge in [-0.3, -0.25) is 9.59 Å². The Labute approximate surface area is 135 Å². The molecule has 2 aromatic carbocycles. The van der Waals surface area contributed by atoms with Crippen molar-refractivity contribution in [1.29, 1.82) is 0 Å². The lowest BCUT2D eigenvalue weighted by Crippen LogP contribution is -2.47. The van der Waals surface area contributed by atoms with Crippen LogP contribution in [-0.4, -0.2) is 19.0 Å². The summed E-state index contributed by atoms with van der Waals surface area (Å²) in [4.78, 5) is 26.7. The minimum Gasteiger partial charge on any atom is -0.468 e. The van der Waals surface area contributed by atoms with E-state index in [9.17, 15) is 9.59 Å². The van der Waals surface area contributed by atoms with Gasteiger partial charge in [0.25, 0.3) is 0 Å². The maximum atomic E-state index is 12.7. The number of ether oxygens (including phenoxy) is 1. The molecule has 0 spiro atoms. The molecule has 1 amide bonds. The van der Waals surface area contributed by atoms with Gasteiger partial charge in [-0.15, -0.1) is 0 Å². The van der Waals surface area contributed by atoms with Crippen molar-refractivity contribution in [2.45, 2.75) is 25.3 Å². The molecule has 118 valence electrons. The molecule has 1 atom stereocenters. The largest absolute Gasteiger partial charge is 0.468 e. The SMILES string of the molecule is COC(=O)[C@]1(C)CC(=O)N(Cc2ccccc2)c2ccccc21. The number of nitrogens with zero attached hydrogens (tertiary/aromatic N) is 1. The molecule has 0 saturated carbocycles. The molecular weight excluding hydrogens is 290 g/mol. The fraction of sp³-hybridized carbons (Fsp3) is 0.263. The summed E-state index contributed by atoms with van der Waals surface area (Å²) in [5, 5.41) is 0. The molecule has 3 rings (SSSR count). The molecule has 1 aliphatic heterocycles. The van der Waals surface area contributed by atoms with Crippen LogP contribution in [0.25, 0.3) is 0 Å². The van der Waals surface area contributed by atoms with Crippen LogP contribution in [-0.2, 0) is 26.3 Å². The number of para-hydroxylation sites is 1. The maximum absolute atomic E-state index is 12.7. The van der Waals surface area contributed by atoms with Crippen molar-refractivity contribution in [2.24, 2.45) is 0 Å². The molecule has 0 saturated heterocycles. The molecule has 0 aromatic heterocycles. The monoisotopic (exact) mass is 309 g/mol. The molecule has 2 aromatic rings. The third kappa shape index (κ3) is 2.61. The Kier molecular flexibility index (Phi) is 3.90. The van der Waals surface area contributed by atoms with Gasteiger partial charge >= 0.3 is 5.97 Å². The van der Waals surface area contributed by atoms with Crippen LogP contribution in [0.2, 0.25) is 0 Å². The summed E-state index contributed by atoms with van der Waals surface area (Å²) in [6.07, 6.45) is 0.115. The lowest BCUT2D eigenvalue weighted by Gasteiger charge is -2.38. The van der Waals surface area contributed by atoms with E-state index in [0.29, 0.717) is 6.54 Å². The van der Waals surface area contributed by atoms with Gasteiger partial charge in [0.1, 0.15) is 5.41 Å². The van der Waals surface area contributed by atoms with Crippen LogP contribution in [0.5, 0.6) is 0 Å². The summed E-state index contributed by atoms with van der Waals surface area (Å²) in [7, 11) is 1.36. The number of fused-ring (bicyclic) bond motifs is 1. The van der Waals surface area contributed by atoms with Gasteiger partial charge < -0.3 is 9.64 Å². The first-order chi connectivity index (χ1) is 11.1. The van der Waals surface area contributed by atoms with Crippen molar-refractivity contribution < 1.29 is 14.3 Å². The first-order valence-corrected chi connectivity index (χ1v) is 7.58. The van der Waals surface area contributed by atoms with Gasteiger partial charge in [0.2, 0.25) is 5.91 Å². The Morgan fingerprint density at radius 2 is 1.78 bits per heavy atom. The van der Waals surface area contributed by atoms with Crippen molar-refractivity contribution in [1.82, 2.24) is 0 Å². The third-order valence-electron chi connectivity index (χ3n) is 4.41. The summed E-state index contributed by atoms with van der Waals surface area (Å²) in [6, 6.07) is 17.4. The summed E-state index contributed by atoms with van der Waals surface area (Å²) in [5.41, 5.74) is 1.73. The number of hydrogen-bond acceptors (Lipinski definition) is 3. The second-order valence-corrected chi connectivity index (χ2v) is 5.98. The molecule has 1 aliphatic rings. The number of carbonyl (C=O) groups is 2. The number of methoxy groups -OCH3 is 1. The predicted molar refractivity (Wildman–Crippen MR) is 88.1 cm³/mol. The highest BCUT2D eigenvalue weighted by atomic mass is 16.5. The van der Waals surface area contributed by atoms with Gasteiger partial charge in [-0.25, -0.2) is 0 Å². The summed E-state index contributed by atoms with van der Waals surface area (Å²) >= 11 is 0. The highest BCUT2D eigenvalue weighted by Gasteiger charge is 2.45. The van der Waals surface area contributed by atoms with Gasteiger partial charge in [-0.2, -0.15) is 0 Å². The fourth-order valence-electron chi connectivity index (χ4n) is 3.15. The zero-order chi connectivity index (χ0) is 16.4. The molecule has 0 bridgehead atoms. The molecule has 0 N–H and O–H groups in total. The summed E-state index contributed by atoms with van der Waals surface area (Å²) in [6.45, 7) is 2.27. The zero-order valence-electron chi connectivity index (χ0n) is 13.3. The number of amides is 1. The van der Waals surface area contributed by atoms with Crippen LogP contribution in [0.3, 0.4) is 0 Å². The van der Waals surface area contributed by atoms with E-state index in [0.717, 1.165) is 16.8 Å². The maximum Gasteiger partial charge on any atom is 0.316 e. The van der Waals surface area contributed by atoms with Crippen LogP contribution >= 0.6 is 0 Å². The van der Waals surface area contributed by atoms with Crippen molar-refractivity contribution in [3.63, 3.8) is 0 Å². The van der Waals surface area contributed by atoms with Gasteiger partial charge in [-0.05, 0) is 24.1 Å². The third-order valence-corrected chi connectivity index (χ3v) is 4.41. The van der Waals surface area contributed by atoms with E-state index < -0.39 is 5.41 Å². The van der Waals surface area contributed by atoms with Gasteiger partial charge in [-0.1, -0.05) is 48.5 Å². The van der Waals surface area contributed by atoms with Crippen molar-refractivity contribution >= 4 is 17.6 Å². The quantitative estimate of drug-likeness (QED) is 0.819. The number of anilines is 1. The normalized spacial score (nSPS) is 20.1. The Bertz CT molecular complexity index is 741. The van der Waals surface area contributed by atoms with Gasteiger partial charge in [0.05, 0.1) is 13.7 Å². The summed E-state index contributed by atoms with van der Waals surface area (Å²) in [5.74, 6) is -0.446. The molecule has 4 heteroatoms. The van der Waals surface area contributed by atoms with E-state index in [-0.39, 0.29) is 18.3 Å². The molecule has 23 heavy (non-hydrogen) atoms. The Morgan fingerprint density at radius 1 is 1.13 bits per heavy atom. The van der Waals surface area contributed by atoms with E-state index >= 15 is 0 Å². The Morgan fingerprint density at radius 3 is 2.48 bits per heavy atom. The summed E-state index contributed by atoms with van der Waals surface area (Å²) < 4.78 is 4.94. The van der Waals surface area contributed by atoms with Gasteiger partial charge in [0.15, 0.2) is 0 Å². The first-order valence-electron chi connectivity index (χ1n) is 7.58. The Balaban J connectivity index is 2.05. The number of benzene rings is 2. The van der Waals surface area contributed by atoms with Gasteiger partial charge in [0, 0.05) is 12.1 Å². The lowest BCUT2D eigenvalue weighted by atomic mass is 9.75. The molecule has 0 unspecified atom stereocenters. The van der Waals surface area contributed by atoms with Crippen LogP contribution < -0.4 is 4.90 Å². The number of carbonyl (C=O) groups excluding carboxylic acids is 2. The van der Waals surface area contributed by atoms with E-state index in [1.54, 1.807) is 11.8 Å². The molecule has 0 aliphatic carbocycles. The number of rotatable bonds is 3. The Hall–Kier alpha value is -2.62. The second-order valence-electron chi connectivity index (χ2n) is 5.98. The zero-order valence-corrected chi connectivity index (χ0v) is 13.3. The van der Waals surface area contributed by atoms with Crippen LogP contribution in [0.15, 0.2) is 54.6 Å². The molecule has 4 nitrogen and oxygen atoms in total. The minimum absolute atomic E-state index is 0.0690. The average molecular weight is 309 g/mol. The lowest BCUT2D eigenvalue weighted by molar-refractivity contribution is -0.149. The topological polar surface area (TPSA) is 46.6 Å². The molecule has 1 heterocycles.